The third-order valence-electron chi connectivity index (χ3n) is 9.06. The van der Waals surface area contributed by atoms with Gasteiger partial charge >= 0.3 is 0 Å². The summed E-state index contributed by atoms with van der Waals surface area (Å²) in [6.07, 6.45) is 18.9. The molecule has 4 saturated carbocycles. The van der Waals surface area contributed by atoms with Crippen molar-refractivity contribution in [3.05, 3.63) is 71.6 Å². The molecule has 1 aromatic carbocycles. The average molecular weight is 383 g/mol. The molecule has 2 heteroatoms. The van der Waals surface area contributed by atoms with Crippen molar-refractivity contribution in [3.8, 4) is 0 Å². The SMILES string of the molecule is C1=C[C@H]2c3cc(C45CC6CC(CC(C6)C4)C5)ccc3N[C@@H](c3cccnc3)[C@H]2C1. The second-order valence-electron chi connectivity index (χ2n) is 10.8. The van der Waals surface area contributed by atoms with E-state index in [0.29, 0.717) is 23.3 Å². The van der Waals surface area contributed by atoms with Gasteiger partial charge in [0.25, 0.3) is 0 Å². The molecule has 1 aromatic heterocycles. The Kier molecular flexibility index (Phi) is 3.43. The lowest BCUT2D eigenvalue weighted by Gasteiger charge is -2.57. The molecule has 1 N–H and O–H groups in total. The Labute approximate surface area is 173 Å². The van der Waals surface area contributed by atoms with Crippen molar-refractivity contribution in [2.45, 2.75) is 62.3 Å². The summed E-state index contributed by atoms with van der Waals surface area (Å²) in [7, 11) is 0. The van der Waals surface area contributed by atoms with E-state index in [4.69, 9.17) is 0 Å². The van der Waals surface area contributed by atoms with Gasteiger partial charge in [-0.15, -0.1) is 0 Å². The first-order valence-electron chi connectivity index (χ1n) is 11.7. The van der Waals surface area contributed by atoms with Gasteiger partial charge in [0.15, 0.2) is 0 Å². The Hall–Kier alpha value is -2.09. The number of pyridine rings is 1. The van der Waals surface area contributed by atoms with E-state index in [9.17, 15) is 0 Å². The maximum Gasteiger partial charge on any atom is 0.0569 e. The van der Waals surface area contributed by atoms with E-state index in [1.807, 2.05) is 12.4 Å². The predicted molar refractivity (Wildman–Crippen MR) is 117 cm³/mol. The van der Waals surface area contributed by atoms with Crippen LogP contribution in [0, 0.1) is 23.7 Å². The van der Waals surface area contributed by atoms with Crippen LogP contribution in [0.4, 0.5) is 5.69 Å². The minimum atomic E-state index is 0.363. The molecule has 4 bridgehead atoms. The molecule has 5 aliphatic carbocycles. The molecule has 148 valence electrons. The molecule has 6 aliphatic rings. The molecule has 8 rings (SSSR count). The number of nitrogens with zero attached hydrogens (tertiary/aromatic N) is 1. The molecule has 29 heavy (non-hydrogen) atoms. The average Bonchev–Trinajstić information content (AvgIpc) is 3.23. The Balaban J connectivity index is 1.29. The Morgan fingerprint density at radius 1 is 0.966 bits per heavy atom. The minimum absolute atomic E-state index is 0.363. The standard InChI is InChI=1S/C27H30N2/c1-4-22-23(5-1)26(20-3-2-8-28-16-20)29-25-7-6-21(12-24(22)25)27-13-17-9-18(14-27)11-19(10-17)15-27/h1-4,6-8,12,16-19,22-23,26,29H,5,9-11,13-15H2/t17?,18?,19?,22-,23+,26+,27?/m1/s1. The zero-order chi connectivity index (χ0) is 19.0. The molecule has 0 unspecified atom stereocenters. The van der Waals surface area contributed by atoms with Gasteiger partial charge in [-0.05, 0) is 103 Å². The van der Waals surface area contributed by atoms with Crippen LogP contribution in [0.5, 0.6) is 0 Å². The third-order valence-corrected chi connectivity index (χ3v) is 9.06. The molecule has 2 nitrogen and oxygen atoms in total. The zero-order valence-corrected chi connectivity index (χ0v) is 17.1. The summed E-state index contributed by atoms with van der Waals surface area (Å²) in [5, 5.41) is 3.91. The van der Waals surface area contributed by atoms with Gasteiger partial charge in [0.05, 0.1) is 6.04 Å². The lowest BCUT2D eigenvalue weighted by atomic mass is 9.48. The molecule has 2 heterocycles. The van der Waals surface area contributed by atoms with Gasteiger partial charge in [-0.25, -0.2) is 0 Å². The Morgan fingerprint density at radius 3 is 2.48 bits per heavy atom. The minimum Gasteiger partial charge on any atom is -0.378 e. The largest absolute Gasteiger partial charge is 0.378 e. The fourth-order valence-corrected chi connectivity index (χ4v) is 8.28. The number of nitrogens with one attached hydrogen (secondary N) is 1. The van der Waals surface area contributed by atoms with Gasteiger partial charge in [0.1, 0.15) is 0 Å². The molecule has 0 amide bonds. The first-order valence-corrected chi connectivity index (χ1v) is 11.7. The van der Waals surface area contributed by atoms with E-state index in [1.165, 1.54) is 49.8 Å². The molecular weight excluding hydrogens is 352 g/mol. The van der Waals surface area contributed by atoms with Crippen LogP contribution in [0.15, 0.2) is 54.9 Å². The van der Waals surface area contributed by atoms with Gasteiger partial charge in [0.2, 0.25) is 0 Å². The lowest BCUT2D eigenvalue weighted by molar-refractivity contribution is -0.00523. The number of fused-ring (bicyclic) bond motifs is 3. The van der Waals surface area contributed by atoms with Gasteiger partial charge in [-0.3, -0.25) is 4.98 Å². The van der Waals surface area contributed by atoms with Crippen LogP contribution in [0.3, 0.4) is 0 Å². The first kappa shape index (κ1) is 16.7. The molecular formula is C27H30N2. The summed E-state index contributed by atoms with van der Waals surface area (Å²) in [6.45, 7) is 0. The number of benzene rings is 1. The topological polar surface area (TPSA) is 24.9 Å². The number of hydrogen-bond acceptors (Lipinski definition) is 2. The molecule has 0 spiro atoms. The van der Waals surface area contributed by atoms with Gasteiger partial charge in [-0.2, -0.15) is 0 Å². The number of allylic oxidation sites excluding steroid dienone is 2. The van der Waals surface area contributed by atoms with Gasteiger partial charge in [0, 0.05) is 24.0 Å². The van der Waals surface area contributed by atoms with E-state index in [-0.39, 0.29) is 0 Å². The fourth-order valence-electron chi connectivity index (χ4n) is 8.28. The number of hydrogen-bond donors (Lipinski definition) is 1. The van der Waals surface area contributed by atoms with Gasteiger partial charge in [-0.1, -0.05) is 30.4 Å². The molecule has 3 atom stereocenters. The van der Waals surface area contributed by atoms with Crippen molar-refractivity contribution < 1.29 is 0 Å². The summed E-state index contributed by atoms with van der Waals surface area (Å²) in [5.74, 6) is 4.17. The lowest BCUT2D eigenvalue weighted by Crippen LogP contribution is -2.48. The fraction of sp³-hybridized carbons (Fsp3) is 0.519. The van der Waals surface area contributed by atoms with Crippen molar-refractivity contribution in [2.24, 2.45) is 23.7 Å². The van der Waals surface area contributed by atoms with Crippen LogP contribution < -0.4 is 5.32 Å². The quantitative estimate of drug-likeness (QED) is 0.610. The van der Waals surface area contributed by atoms with Crippen molar-refractivity contribution in [2.75, 3.05) is 5.32 Å². The van der Waals surface area contributed by atoms with Crippen LogP contribution >= 0.6 is 0 Å². The summed E-state index contributed by atoms with van der Waals surface area (Å²) in [5.41, 5.74) is 6.37. The van der Waals surface area contributed by atoms with E-state index in [2.05, 4.69) is 52.8 Å². The molecule has 1 aliphatic heterocycles. The van der Waals surface area contributed by atoms with E-state index < -0.39 is 0 Å². The second kappa shape index (κ2) is 5.97. The van der Waals surface area contributed by atoms with Crippen LogP contribution in [-0.2, 0) is 5.41 Å². The van der Waals surface area contributed by atoms with Crippen molar-refractivity contribution in [1.29, 1.82) is 0 Å². The highest BCUT2D eigenvalue weighted by Crippen LogP contribution is 2.61. The van der Waals surface area contributed by atoms with E-state index in [0.717, 1.165) is 24.2 Å². The highest BCUT2D eigenvalue weighted by molar-refractivity contribution is 5.61. The van der Waals surface area contributed by atoms with Crippen LogP contribution in [0.1, 0.15) is 73.6 Å². The summed E-state index contributed by atoms with van der Waals surface area (Å²) in [6, 6.07) is 12.2. The monoisotopic (exact) mass is 382 g/mol. The van der Waals surface area contributed by atoms with Crippen LogP contribution in [0.2, 0.25) is 0 Å². The van der Waals surface area contributed by atoms with Crippen LogP contribution in [0.25, 0.3) is 0 Å². The van der Waals surface area contributed by atoms with E-state index in [1.54, 1.807) is 11.1 Å². The van der Waals surface area contributed by atoms with Crippen molar-refractivity contribution in [3.63, 3.8) is 0 Å². The van der Waals surface area contributed by atoms with Crippen molar-refractivity contribution in [1.82, 2.24) is 4.98 Å². The maximum atomic E-state index is 4.39. The normalized spacial score (nSPS) is 41.1. The molecule has 4 fully saturated rings. The highest BCUT2D eigenvalue weighted by atomic mass is 15.0. The number of rotatable bonds is 2. The summed E-state index contributed by atoms with van der Waals surface area (Å²) >= 11 is 0. The van der Waals surface area contributed by atoms with Gasteiger partial charge < -0.3 is 5.32 Å². The Bertz CT molecular complexity index is 940. The first-order chi connectivity index (χ1) is 14.3. The maximum absolute atomic E-state index is 4.39. The molecule has 0 radical (unpaired) electrons. The summed E-state index contributed by atoms with van der Waals surface area (Å²) in [4.78, 5) is 4.39. The number of aromatic nitrogens is 1. The molecule has 0 saturated heterocycles. The Morgan fingerprint density at radius 2 is 1.76 bits per heavy atom. The third kappa shape index (κ3) is 2.44. The summed E-state index contributed by atoms with van der Waals surface area (Å²) < 4.78 is 0. The second-order valence-corrected chi connectivity index (χ2v) is 10.8. The number of anilines is 1. The molecule has 2 aromatic rings. The predicted octanol–water partition coefficient (Wildman–Crippen LogP) is 6.38. The zero-order valence-electron chi connectivity index (χ0n) is 17.1. The highest BCUT2D eigenvalue weighted by Gasteiger charge is 2.52. The van der Waals surface area contributed by atoms with Crippen LogP contribution in [-0.4, -0.2) is 4.98 Å². The smallest absolute Gasteiger partial charge is 0.0569 e. The van der Waals surface area contributed by atoms with E-state index >= 15 is 0 Å². The van der Waals surface area contributed by atoms with Crippen molar-refractivity contribution >= 4 is 5.69 Å².